The number of ether oxygens (including phenoxy) is 10. The maximum Gasteiger partial charge on any atom is 0.337 e. The number of hydrogen-bond acceptors (Lipinski definition) is 18. The fraction of sp³-hybridized carbons (Fsp3) is 0.339. The molecule has 0 spiro atoms. The van der Waals surface area contributed by atoms with E-state index in [0.717, 1.165) is 234 Å². The molecule has 12 aromatic carbocycles. The van der Waals surface area contributed by atoms with Gasteiger partial charge in [0.1, 0.15) is 23.0 Å². The number of fused-ring (bicyclic) bond motifs is 4. The van der Waals surface area contributed by atoms with Gasteiger partial charge < -0.3 is 67.8 Å². The van der Waals surface area contributed by atoms with Crippen molar-refractivity contribution in [1.29, 1.82) is 0 Å². The minimum absolute atomic E-state index is 0.287. The van der Waals surface area contributed by atoms with Gasteiger partial charge >= 0.3 is 23.9 Å². The van der Waals surface area contributed by atoms with Crippen LogP contribution in [0.4, 0.5) is 0 Å². The lowest BCUT2D eigenvalue weighted by atomic mass is 9.85. The fourth-order valence-corrected chi connectivity index (χ4v) is 21.2. The van der Waals surface area contributed by atoms with Crippen LogP contribution in [-0.4, -0.2) is 139 Å². The minimum Gasteiger partial charge on any atom is -0.493 e. The molecule has 4 aliphatic rings. The summed E-state index contributed by atoms with van der Waals surface area (Å²) in [4.78, 5) is 70.1. The highest BCUT2D eigenvalue weighted by molar-refractivity contribution is 6.14. The lowest BCUT2D eigenvalue weighted by Gasteiger charge is -2.31. The van der Waals surface area contributed by atoms with Gasteiger partial charge in [0.2, 0.25) is 0 Å². The molecule has 16 aromatic rings. The number of carboxylic acid groups (broad SMARTS) is 4. The number of benzene rings is 12. The van der Waals surface area contributed by atoms with Crippen LogP contribution in [0.3, 0.4) is 0 Å². The predicted octanol–water partition coefficient (Wildman–Crippen LogP) is 26.9. The normalized spacial score (nSPS) is 14.1. The Hall–Kier alpha value is -13.8. The Labute approximate surface area is 834 Å². The predicted molar refractivity (Wildman–Crippen MR) is 564 cm³/mol. The summed E-state index contributed by atoms with van der Waals surface area (Å²) >= 11 is 0. The number of carboxylic acids is 4. The number of carbonyl (C=O) groups is 4. The highest BCUT2D eigenvalue weighted by atomic mass is 16.6. The van der Waals surface area contributed by atoms with Crippen molar-refractivity contribution in [2.75, 3.05) is 52.9 Å². The molecular formula is C121H126N4O18. The first-order valence-electron chi connectivity index (χ1n) is 49.7. The Morgan fingerprint density at radius 2 is 0.566 bits per heavy atom. The lowest BCUT2D eigenvalue weighted by Crippen LogP contribution is -2.35. The summed E-state index contributed by atoms with van der Waals surface area (Å²) in [6.07, 6.45) is 10.4. The van der Waals surface area contributed by atoms with Crippen LogP contribution >= 0.6 is 0 Å². The van der Waals surface area contributed by atoms with Crippen molar-refractivity contribution >= 4 is 111 Å². The van der Waals surface area contributed by atoms with E-state index in [4.69, 9.17) is 67.3 Å². The zero-order valence-corrected chi connectivity index (χ0v) is 84.4. The third-order valence-electron chi connectivity index (χ3n) is 27.5. The molecule has 8 heterocycles. The average molecular weight is 1920 g/mol. The molecule has 22 heteroatoms. The molecular weight excluding hydrogens is 1800 g/mol. The van der Waals surface area contributed by atoms with Crippen LogP contribution in [0, 0.1) is 27.7 Å². The molecule has 738 valence electrons. The summed E-state index contributed by atoms with van der Waals surface area (Å²) in [7, 11) is 0. The van der Waals surface area contributed by atoms with Gasteiger partial charge in [-0.25, -0.2) is 19.2 Å². The molecule has 20 rings (SSSR count). The SMILES string of the molecule is CCCC(C)(C)O[C@H](C(=O)O)c1c(C)cc2ccccc2c1-c1ccc2c3c(ccnc13)CCO2.CCCCC(C)(C)O[C@H](C(=O)O)c1c(C)cc2ccccc2c1-c1ccc2c3c(ccnc13)CCO2.CCOCC(C)(C)O[C@H](C(=O)O)c1c(C)cc2ccccc2c1-c1ccc2c3c(ccnc13)CCO2.CCOCC(C)(C)O[C@H](C(=O)O)c1c(C)cc2ccccc2c1-c1ccc2c3c(ccnc13)CCO2. The Bertz CT molecular complexity index is 7020. The summed E-state index contributed by atoms with van der Waals surface area (Å²) in [6, 6.07) is 64.6. The minimum atomic E-state index is -1.19. The van der Waals surface area contributed by atoms with Crippen molar-refractivity contribution in [3.63, 3.8) is 0 Å². The molecule has 0 saturated heterocycles. The molecule has 4 atom stereocenters. The van der Waals surface area contributed by atoms with Crippen LogP contribution in [0.25, 0.3) is 131 Å². The van der Waals surface area contributed by atoms with Gasteiger partial charge in [-0.1, -0.05) is 154 Å². The summed E-state index contributed by atoms with van der Waals surface area (Å²) in [5.41, 5.74) is 18.3. The molecule has 0 bridgehead atoms. The molecule has 0 saturated carbocycles. The Morgan fingerprint density at radius 1 is 0.322 bits per heavy atom. The number of rotatable bonds is 31. The van der Waals surface area contributed by atoms with Gasteiger partial charge in [0, 0.05) is 130 Å². The van der Waals surface area contributed by atoms with Crippen molar-refractivity contribution in [3.05, 3.63) is 286 Å². The van der Waals surface area contributed by atoms with Gasteiger partial charge in [0.25, 0.3) is 0 Å². The average Bonchev–Trinajstić information content (AvgIpc) is 0.744. The molecule has 0 aliphatic carbocycles. The van der Waals surface area contributed by atoms with Crippen molar-refractivity contribution < 1.29 is 87.0 Å². The molecule has 22 nitrogen and oxygen atoms in total. The summed E-state index contributed by atoms with van der Waals surface area (Å²) in [5, 5.41) is 53.8. The molecule has 0 unspecified atom stereocenters. The Balaban J connectivity index is 0.000000131. The molecule has 0 fully saturated rings. The highest BCUT2D eigenvalue weighted by Gasteiger charge is 2.41. The van der Waals surface area contributed by atoms with E-state index in [0.29, 0.717) is 61.9 Å². The standard InChI is InChI=1S/C31H33NO4.2C30H31NO5.C30H31NO4/c1-5-6-15-31(3,4)36-29(30(33)34)25-19(2)18-21-9-7-8-10-22(21)27(25)23-11-12-24-26-20(14-17-35-24)13-16-32-28(23)26;2*1-5-34-17-30(3,4)36-28(29(32)33)24-18(2)16-20-8-6-7-9-21(20)26(24)22-10-11-23-25-19(13-15-35-23)12-14-31-27(22)25;1-5-14-30(3,4)35-28(29(32)33)24-18(2)17-20-8-6-7-9-21(20)26(24)22-10-11-23-25-19(13-16-34-23)12-15-31-27(22)25/h7-13,16,18,29H,5-6,14-15,17H2,1-4H3,(H,33,34);2*6-12,14,16,28H,5,13,15,17H2,1-4H3,(H,32,33);6-12,15,17,28H,5,13-14,16H2,1-4H3,(H,32,33)/t29-;3*28-/m0000/s1. The second kappa shape index (κ2) is 42.4. The van der Waals surface area contributed by atoms with E-state index in [1.54, 1.807) is 0 Å². The molecule has 0 amide bonds. The Morgan fingerprint density at radius 3 is 0.804 bits per heavy atom. The zero-order valence-electron chi connectivity index (χ0n) is 84.4. The van der Waals surface area contributed by atoms with Gasteiger partial charge in [-0.05, 0) is 292 Å². The van der Waals surface area contributed by atoms with Crippen LogP contribution < -0.4 is 18.9 Å². The van der Waals surface area contributed by atoms with Crippen molar-refractivity contribution in [3.8, 4) is 67.5 Å². The number of aryl methyl sites for hydroxylation is 4. The van der Waals surface area contributed by atoms with E-state index in [9.17, 15) is 39.6 Å². The van der Waals surface area contributed by atoms with Gasteiger partial charge in [-0.15, -0.1) is 0 Å². The number of hydrogen-bond donors (Lipinski definition) is 4. The first-order valence-corrected chi connectivity index (χ1v) is 49.7. The number of aromatic nitrogens is 4. The number of pyridine rings is 4. The molecule has 4 N–H and O–H groups in total. The molecule has 0 radical (unpaired) electrons. The third-order valence-corrected chi connectivity index (χ3v) is 27.5. The zero-order chi connectivity index (χ0) is 101. The maximum absolute atomic E-state index is 12.8. The van der Waals surface area contributed by atoms with Crippen molar-refractivity contribution in [2.45, 2.75) is 215 Å². The molecule has 4 aliphatic heterocycles. The summed E-state index contributed by atoms with van der Waals surface area (Å²) in [6.45, 7) is 35.4. The highest BCUT2D eigenvalue weighted by Crippen LogP contribution is 2.53. The second-order valence-corrected chi connectivity index (χ2v) is 39.9. The maximum atomic E-state index is 12.8. The van der Waals surface area contributed by atoms with Crippen LogP contribution in [-0.2, 0) is 73.3 Å². The van der Waals surface area contributed by atoms with E-state index in [-0.39, 0.29) is 13.2 Å². The van der Waals surface area contributed by atoms with E-state index >= 15 is 0 Å². The Kier molecular flexibility index (Phi) is 29.8. The summed E-state index contributed by atoms with van der Waals surface area (Å²) < 4.78 is 60.4. The van der Waals surface area contributed by atoms with Gasteiger partial charge in [-0.2, -0.15) is 0 Å². The molecule has 143 heavy (non-hydrogen) atoms. The third kappa shape index (κ3) is 20.8. The van der Waals surface area contributed by atoms with Crippen LogP contribution in [0.1, 0.15) is 206 Å². The lowest BCUT2D eigenvalue weighted by molar-refractivity contribution is -0.168. The van der Waals surface area contributed by atoms with Crippen LogP contribution in [0.15, 0.2) is 219 Å². The molecule has 4 aromatic heterocycles. The van der Waals surface area contributed by atoms with Crippen LogP contribution in [0.5, 0.6) is 23.0 Å². The van der Waals surface area contributed by atoms with Crippen molar-refractivity contribution in [2.24, 2.45) is 0 Å². The summed E-state index contributed by atoms with van der Waals surface area (Å²) in [5.74, 6) is -0.793. The van der Waals surface area contributed by atoms with E-state index < -0.39 is 70.7 Å². The number of unbranched alkanes of at least 4 members (excludes halogenated alkanes) is 1. The fourth-order valence-electron chi connectivity index (χ4n) is 21.2. The van der Waals surface area contributed by atoms with E-state index in [1.165, 1.54) is 22.3 Å². The first kappa shape index (κ1) is 101. The largest absolute Gasteiger partial charge is 0.493 e. The van der Waals surface area contributed by atoms with Gasteiger partial charge in [-0.3, -0.25) is 19.9 Å². The van der Waals surface area contributed by atoms with E-state index in [2.05, 4.69) is 50.2 Å². The first-order chi connectivity index (χ1) is 68.7. The van der Waals surface area contributed by atoms with Gasteiger partial charge in [0.05, 0.1) is 84.1 Å². The topological polar surface area (TPSA) is 293 Å². The second-order valence-electron chi connectivity index (χ2n) is 39.9. The van der Waals surface area contributed by atoms with Crippen molar-refractivity contribution in [1.82, 2.24) is 19.9 Å². The number of nitrogens with zero attached hydrogens (tertiary/aromatic N) is 4. The quantitative estimate of drug-likeness (QED) is 0.0314. The van der Waals surface area contributed by atoms with Crippen LogP contribution in [0.2, 0.25) is 0 Å². The smallest absolute Gasteiger partial charge is 0.337 e. The monoisotopic (exact) mass is 1920 g/mol. The number of aliphatic carboxylic acids is 4. The van der Waals surface area contributed by atoms with E-state index in [1.807, 2.05) is 279 Å². The van der Waals surface area contributed by atoms with Gasteiger partial charge in [0.15, 0.2) is 24.4 Å².